The van der Waals surface area contributed by atoms with Crippen molar-refractivity contribution in [3.8, 4) is 0 Å². The fourth-order valence-electron chi connectivity index (χ4n) is 1.63. The smallest absolute Gasteiger partial charge is 0.312 e. The van der Waals surface area contributed by atoms with Crippen LogP contribution in [0.1, 0.15) is 19.8 Å². The van der Waals surface area contributed by atoms with Gasteiger partial charge in [-0.15, -0.1) is 0 Å². The van der Waals surface area contributed by atoms with Gasteiger partial charge in [0.2, 0.25) is 0 Å². The summed E-state index contributed by atoms with van der Waals surface area (Å²) in [5, 5.41) is 8.93. The first-order chi connectivity index (χ1) is 6.32. The zero-order chi connectivity index (χ0) is 11.0. The lowest BCUT2D eigenvalue weighted by Crippen LogP contribution is -2.25. The third kappa shape index (κ3) is 2.24. The summed E-state index contributed by atoms with van der Waals surface area (Å²) in [6.45, 7) is 1.65. The van der Waals surface area contributed by atoms with E-state index in [4.69, 9.17) is 5.11 Å². The number of rotatable bonds is 5. The third-order valence-corrected chi connectivity index (χ3v) is 3.23. The van der Waals surface area contributed by atoms with Gasteiger partial charge in [-0.25, -0.2) is 0 Å². The van der Waals surface area contributed by atoms with Crippen LogP contribution in [0.5, 0.6) is 0 Å². The maximum absolute atomic E-state index is 10.9. The second-order valence-electron chi connectivity index (χ2n) is 3.74. The van der Waals surface area contributed by atoms with Crippen molar-refractivity contribution in [3.63, 3.8) is 0 Å². The molecule has 0 amide bonds. The molecule has 0 spiro atoms. The van der Waals surface area contributed by atoms with Gasteiger partial charge in [0.05, 0.1) is 18.3 Å². The van der Waals surface area contributed by atoms with E-state index >= 15 is 0 Å². The first-order valence-corrected chi connectivity index (χ1v) is 6.21. The molecule has 0 radical (unpaired) electrons. The Morgan fingerprint density at radius 1 is 1.64 bits per heavy atom. The number of hydrogen-bond donors (Lipinski definition) is 1. The molecule has 0 aromatic heterocycles. The summed E-state index contributed by atoms with van der Waals surface area (Å²) >= 11 is 0. The van der Waals surface area contributed by atoms with Crippen LogP contribution >= 0.6 is 0 Å². The Hall–Kier alpha value is -0.620. The Bertz CT molecular complexity index is 334. The van der Waals surface area contributed by atoms with E-state index in [1.54, 1.807) is 0 Å². The highest BCUT2D eigenvalue weighted by molar-refractivity contribution is 7.85. The Balaban J connectivity index is 2.61. The topological polar surface area (TPSA) is 80.7 Å². The van der Waals surface area contributed by atoms with Crippen molar-refractivity contribution < 1.29 is 22.5 Å². The summed E-state index contributed by atoms with van der Waals surface area (Å²) in [5.74, 6) is -0.922. The third-order valence-electron chi connectivity index (χ3n) is 2.68. The summed E-state index contributed by atoms with van der Waals surface area (Å²) in [4.78, 5) is 10.9. The lowest BCUT2D eigenvalue weighted by molar-refractivity contribution is -0.145. The summed E-state index contributed by atoms with van der Waals surface area (Å²) in [7, 11) is -3.55. The van der Waals surface area contributed by atoms with Gasteiger partial charge in [-0.1, -0.05) is 13.3 Å². The first kappa shape index (κ1) is 11.5. The molecular weight excluding hydrogens is 208 g/mol. The number of carbonyl (C=O) groups is 1. The maximum atomic E-state index is 10.9. The Kier molecular flexibility index (Phi) is 2.87. The van der Waals surface area contributed by atoms with Crippen LogP contribution in [0.4, 0.5) is 0 Å². The summed E-state index contributed by atoms with van der Waals surface area (Å²) < 4.78 is 26.0. The van der Waals surface area contributed by atoms with Crippen molar-refractivity contribution in [1.29, 1.82) is 0 Å². The van der Waals surface area contributed by atoms with Crippen LogP contribution in [-0.2, 0) is 19.1 Å². The number of aliphatic carboxylic acids is 1. The molecule has 2 atom stereocenters. The van der Waals surface area contributed by atoms with Crippen molar-refractivity contribution in [1.82, 2.24) is 0 Å². The fourth-order valence-corrected chi connectivity index (χ4v) is 2.05. The number of carboxylic acids is 1. The van der Waals surface area contributed by atoms with Crippen LogP contribution in [0.25, 0.3) is 0 Å². The highest BCUT2D eigenvalue weighted by Gasteiger charge is 2.60. The lowest BCUT2D eigenvalue weighted by Gasteiger charge is -2.10. The van der Waals surface area contributed by atoms with Gasteiger partial charge in [0.25, 0.3) is 10.1 Å². The van der Waals surface area contributed by atoms with Crippen molar-refractivity contribution in [2.75, 3.05) is 12.9 Å². The largest absolute Gasteiger partial charge is 0.481 e. The van der Waals surface area contributed by atoms with E-state index in [0.717, 1.165) is 12.7 Å². The Morgan fingerprint density at radius 3 is 2.50 bits per heavy atom. The van der Waals surface area contributed by atoms with Gasteiger partial charge in [-0.05, 0) is 12.3 Å². The molecule has 1 N–H and O–H groups in total. The lowest BCUT2D eigenvalue weighted by atomic mass is 10.0. The minimum Gasteiger partial charge on any atom is -0.481 e. The molecule has 0 heterocycles. The van der Waals surface area contributed by atoms with E-state index in [9.17, 15) is 13.2 Å². The van der Waals surface area contributed by atoms with Crippen LogP contribution in [0.15, 0.2) is 0 Å². The van der Waals surface area contributed by atoms with Crippen molar-refractivity contribution in [3.05, 3.63) is 0 Å². The highest BCUT2D eigenvalue weighted by atomic mass is 32.2. The zero-order valence-electron chi connectivity index (χ0n) is 8.19. The van der Waals surface area contributed by atoms with Gasteiger partial charge in [0, 0.05) is 0 Å². The van der Waals surface area contributed by atoms with Gasteiger partial charge in [-0.3, -0.25) is 8.98 Å². The standard InChI is InChI=1S/C8H14O5S/c1-3-6-4-8(6,7(9)10)5-13-14(2,11)12/h6H,3-5H2,1-2H3,(H,9,10). The van der Waals surface area contributed by atoms with Gasteiger partial charge in [-0.2, -0.15) is 8.42 Å². The van der Waals surface area contributed by atoms with Crippen LogP contribution in [0, 0.1) is 11.3 Å². The van der Waals surface area contributed by atoms with E-state index in [2.05, 4.69) is 4.18 Å². The first-order valence-electron chi connectivity index (χ1n) is 4.39. The van der Waals surface area contributed by atoms with E-state index in [-0.39, 0.29) is 12.5 Å². The summed E-state index contributed by atoms with van der Waals surface area (Å²) in [6.07, 6.45) is 2.17. The van der Waals surface area contributed by atoms with Crippen LogP contribution in [0.3, 0.4) is 0 Å². The quantitative estimate of drug-likeness (QED) is 0.683. The molecule has 1 aliphatic rings. The molecule has 2 unspecified atom stereocenters. The monoisotopic (exact) mass is 222 g/mol. The second kappa shape index (κ2) is 3.51. The fraction of sp³-hybridized carbons (Fsp3) is 0.875. The number of carboxylic acid groups (broad SMARTS) is 1. The molecule has 0 bridgehead atoms. The number of hydrogen-bond acceptors (Lipinski definition) is 4. The van der Waals surface area contributed by atoms with Gasteiger partial charge < -0.3 is 5.11 Å². The van der Waals surface area contributed by atoms with E-state index in [1.807, 2.05) is 6.92 Å². The molecule has 0 aromatic carbocycles. The van der Waals surface area contributed by atoms with Crippen LogP contribution < -0.4 is 0 Å². The van der Waals surface area contributed by atoms with Crippen LogP contribution in [-0.4, -0.2) is 32.4 Å². The predicted octanol–water partition coefficient (Wildman–Crippen LogP) is 0.463. The molecule has 0 saturated heterocycles. The zero-order valence-corrected chi connectivity index (χ0v) is 9.00. The van der Waals surface area contributed by atoms with E-state index in [0.29, 0.717) is 6.42 Å². The van der Waals surface area contributed by atoms with E-state index < -0.39 is 21.5 Å². The molecule has 0 aromatic rings. The minimum atomic E-state index is -3.55. The highest BCUT2D eigenvalue weighted by Crippen LogP contribution is 2.54. The van der Waals surface area contributed by atoms with E-state index in [1.165, 1.54) is 0 Å². The summed E-state index contributed by atoms with van der Waals surface area (Å²) in [5.41, 5.74) is -0.960. The Labute approximate surface area is 83.2 Å². The molecule has 1 fully saturated rings. The molecule has 1 saturated carbocycles. The Morgan fingerprint density at radius 2 is 2.21 bits per heavy atom. The van der Waals surface area contributed by atoms with Crippen LogP contribution in [0.2, 0.25) is 0 Å². The normalized spacial score (nSPS) is 31.4. The summed E-state index contributed by atoms with van der Waals surface area (Å²) in [6, 6.07) is 0. The van der Waals surface area contributed by atoms with Crippen molar-refractivity contribution >= 4 is 16.1 Å². The molecule has 6 heteroatoms. The van der Waals surface area contributed by atoms with Gasteiger partial charge in [0.15, 0.2) is 0 Å². The SMILES string of the molecule is CCC1CC1(COS(C)(=O)=O)C(=O)O. The molecule has 1 aliphatic carbocycles. The van der Waals surface area contributed by atoms with Crippen molar-refractivity contribution in [2.45, 2.75) is 19.8 Å². The van der Waals surface area contributed by atoms with Gasteiger partial charge >= 0.3 is 5.97 Å². The molecule has 0 aliphatic heterocycles. The van der Waals surface area contributed by atoms with Gasteiger partial charge in [0.1, 0.15) is 0 Å². The maximum Gasteiger partial charge on any atom is 0.312 e. The molecule has 1 rings (SSSR count). The molecular formula is C8H14O5S. The van der Waals surface area contributed by atoms with Crippen molar-refractivity contribution in [2.24, 2.45) is 11.3 Å². The average molecular weight is 222 g/mol. The average Bonchev–Trinajstić information content (AvgIpc) is 2.74. The molecule has 14 heavy (non-hydrogen) atoms. The predicted molar refractivity (Wildman–Crippen MR) is 49.3 cm³/mol. The molecule has 82 valence electrons. The second-order valence-corrected chi connectivity index (χ2v) is 5.38. The molecule has 5 nitrogen and oxygen atoms in total. The minimum absolute atomic E-state index is 0.0433.